The van der Waals surface area contributed by atoms with Gasteiger partial charge in [0.1, 0.15) is 6.10 Å². The van der Waals surface area contributed by atoms with Crippen LogP contribution in [-0.2, 0) is 4.74 Å². The molecular weight excluding hydrogens is 190 g/mol. The maximum atomic E-state index is 10.6. The fourth-order valence-electron chi connectivity index (χ4n) is 2.59. The summed E-state index contributed by atoms with van der Waals surface area (Å²) in [6, 6.07) is 1.19. The highest BCUT2D eigenvalue weighted by atomic mass is 35.5. The number of hydrogen-bond donors (Lipinski definition) is 0. The van der Waals surface area contributed by atoms with Crippen LogP contribution in [0, 0.1) is 0 Å². The Labute approximate surface area is 83.0 Å². The van der Waals surface area contributed by atoms with Gasteiger partial charge in [0.15, 0.2) is 0 Å². The van der Waals surface area contributed by atoms with E-state index in [0.717, 1.165) is 12.8 Å². The van der Waals surface area contributed by atoms with Crippen molar-refractivity contribution < 1.29 is 9.53 Å². The highest BCUT2D eigenvalue weighted by Gasteiger charge is 2.39. The number of ether oxygens (including phenoxy) is 1. The molecule has 2 fully saturated rings. The normalized spacial score (nSPS) is 39.1. The van der Waals surface area contributed by atoms with E-state index in [1.807, 2.05) is 0 Å². The second-order valence-electron chi connectivity index (χ2n) is 4.00. The van der Waals surface area contributed by atoms with Gasteiger partial charge in [-0.15, -0.1) is 0 Å². The fourth-order valence-corrected chi connectivity index (χ4v) is 2.71. The van der Waals surface area contributed by atoms with Gasteiger partial charge in [0, 0.05) is 36.5 Å². The van der Waals surface area contributed by atoms with E-state index in [0.29, 0.717) is 12.1 Å². The molecule has 2 atom stereocenters. The van der Waals surface area contributed by atoms with E-state index in [1.54, 1.807) is 0 Å². The summed E-state index contributed by atoms with van der Waals surface area (Å²) >= 11 is 5.19. The molecule has 0 N–H and O–H groups in total. The zero-order chi connectivity index (χ0) is 9.42. The van der Waals surface area contributed by atoms with Gasteiger partial charge in [-0.1, -0.05) is 0 Å². The maximum Gasteiger partial charge on any atom is 0.404 e. The molecule has 0 aromatic heterocycles. The van der Waals surface area contributed by atoms with Crippen LogP contribution < -0.4 is 0 Å². The van der Waals surface area contributed by atoms with E-state index in [1.165, 1.54) is 12.8 Å². The lowest BCUT2D eigenvalue weighted by atomic mass is 10.0. The zero-order valence-corrected chi connectivity index (χ0v) is 8.46. The molecule has 13 heavy (non-hydrogen) atoms. The lowest BCUT2D eigenvalue weighted by molar-refractivity contribution is 0.0399. The molecule has 0 aliphatic carbocycles. The molecule has 2 rings (SSSR count). The molecule has 0 aromatic rings. The highest BCUT2D eigenvalue weighted by molar-refractivity contribution is 6.61. The van der Waals surface area contributed by atoms with E-state index in [-0.39, 0.29) is 6.10 Å². The monoisotopic (exact) mass is 203 g/mol. The molecule has 0 spiro atoms. The Morgan fingerprint density at radius 2 is 1.92 bits per heavy atom. The van der Waals surface area contributed by atoms with Crippen molar-refractivity contribution in [2.75, 3.05) is 7.05 Å². The van der Waals surface area contributed by atoms with E-state index < -0.39 is 5.43 Å². The van der Waals surface area contributed by atoms with Crippen molar-refractivity contribution in [2.24, 2.45) is 0 Å². The van der Waals surface area contributed by atoms with Crippen molar-refractivity contribution in [2.45, 2.75) is 43.9 Å². The first kappa shape index (κ1) is 9.28. The smallest absolute Gasteiger partial charge is 0.404 e. The van der Waals surface area contributed by atoms with Crippen LogP contribution in [0.5, 0.6) is 0 Å². The van der Waals surface area contributed by atoms with Gasteiger partial charge in [0.05, 0.1) is 0 Å². The lowest BCUT2D eigenvalue weighted by Gasteiger charge is -2.35. The molecule has 2 saturated heterocycles. The molecule has 4 heteroatoms. The van der Waals surface area contributed by atoms with Crippen LogP contribution in [0.1, 0.15) is 25.7 Å². The molecule has 3 nitrogen and oxygen atoms in total. The van der Waals surface area contributed by atoms with Crippen LogP contribution in [0.4, 0.5) is 4.79 Å². The van der Waals surface area contributed by atoms with Crippen LogP contribution in [0.3, 0.4) is 0 Å². The van der Waals surface area contributed by atoms with Crippen molar-refractivity contribution in [1.29, 1.82) is 0 Å². The first-order valence-electron chi connectivity index (χ1n) is 4.75. The number of fused-ring (bicyclic) bond motifs is 2. The minimum atomic E-state index is -0.658. The summed E-state index contributed by atoms with van der Waals surface area (Å²) in [5.74, 6) is 0. The number of nitrogens with zero attached hydrogens (tertiary/aromatic N) is 1. The summed E-state index contributed by atoms with van der Waals surface area (Å²) in [7, 11) is 2.15. The molecule has 2 aliphatic rings. The van der Waals surface area contributed by atoms with Crippen molar-refractivity contribution in [3.63, 3.8) is 0 Å². The number of carbonyl (C=O) groups excluding carboxylic acids is 1. The average molecular weight is 204 g/mol. The first-order chi connectivity index (χ1) is 6.16. The quantitative estimate of drug-likeness (QED) is 0.611. The van der Waals surface area contributed by atoms with Crippen LogP contribution in [0.25, 0.3) is 0 Å². The fraction of sp³-hybridized carbons (Fsp3) is 0.889. The summed E-state index contributed by atoms with van der Waals surface area (Å²) in [6.07, 6.45) is 4.42. The van der Waals surface area contributed by atoms with Gasteiger partial charge in [0.25, 0.3) is 0 Å². The predicted molar refractivity (Wildman–Crippen MR) is 49.9 cm³/mol. The lowest BCUT2D eigenvalue weighted by Crippen LogP contribution is -2.43. The molecule has 0 radical (unpaired) electrons. The molecule has 0 saturated carbocycles. The molecule has 2 bridgehead atoms. The number of piperidine rings is 1. The largest absolute Gasteiger partial charge is 0.450 e. The Morgan fingerprint density at radius 1 is 1.38 bits per heavy atom. The summed E-state index contributed by atoms with van der Waals surface area (Å²) in [5.41, 5.74) is -0.658. The molecule has 0 aromatic carbocycles. The van der Waals surface area contributed by atoms with E-state index in [4.69, 9.17) is 16.3 Å². The van der Waals surface area contributed by atoms with Crippen molar-refractivity contribution in [3.05, 3.63) is 0 Å². The van der Waals surface area contributed by atoms with Gasteiger partial charge >= 0.3 is 5.43 Å². The molecule has 2 heterocycles. The summed E-state index contributed by atoms with van der Waals surface area (Å²) in [6.45, 7) is 0. The molecule has 0 amide bonds. The third-order valence-electron chi connectivity index (χ3n) is 3.31. The molecule has 74 valence electrons. The standard InChI is InChI=1S/C9H14ClNO2/c1-11-6-2-3-7(11)5-8(4-6)13-9(10)12/h6-8H,2-5H2,1H3. The average Bonchev–Trinajstić information content (AvgIpc) is 2.33. The zero-order valence-electron chi connectivity index (χ0n) is 7.70. The summed E-state index contributed by atoms with van der Waals surface area (Å²) < 4.78 is 5.02. The Bertz CT molecular complexity index is 208. The Balaban J connectivity index is 1.95. The number of halogens is 1. The predicted octanol–water partition coefficient (Wildman–Crippen LogP) is 1.99. The van der Waals surface area contributed by atoms with E-state index in [2.05, 4.69) is 11.9 Å². The Hall–Kier alpha value is -0.280. The third kappa shape index (κ3) is 1.81. The van der Waals surface area contributed by atoms with Gasteiger partial charge < -0.3 is 9.64 Å². The Kier molecular flexibility index (Phi) is 2.47. The minimum Gasteiger partial charge on any atom is -0.450 e. The number of rotatable bonds is 1. The SMILES string of the molecule is CN1C2CCC1CC(OC(=O)Cl)C2. The molecule has 2 aliphatic heterocycles. The van der Waals surface area contributed by atoms with Gasteiger partial charge in [-0.2, -0.15) is 0 Å². The van der Waals surface area contributed by atoms with Crippen molar-refractivity contribution >= 4 is 17.0 Å². The first-order valence-corrected chi connectivity index (χ1v) is 5.12. The van der Waals surface area contributed by atoms with Gasteiger partial charge in [-0.25, -0.2) is 4.79 Å². The van der Waals surface area contributed by atoms with Crippen LogP contribution >= 0.6 is 11.6 Å². The van der Waals surface area contributed by atoms with Gasteiger partial charge in [-0.05, 0) is 19.9 Å². The number of carbonyl (C=O) groups is 1. The third-order valence-corrected chi connectivity index (χ3v) is 3.40. The van der Waals surface area contributed by atoms with Crippen LogP contribution in [-0.4, -0.2) is 35.6 Å². The molecular formula is C9H14ClNO2. The maximum absolute atomic E-state index is 10.6. The number of hydrogen-bond acceptors (Lipinski definition) is 3. The summed E-state index contributed by atoms with van der Waals surface area (Å²) in [4.78, 5) is 13.0. The second-order valence-corrected chi connectivity index (χ2v) is 4.31. The van der Waals surface area contributed by atoms with Crippen molar-refractivity contribution in [3.8, 4) is 0 Å². The highest BCUT2D eigenvalue weighted by Crippen LogP contribution is 2.35. The minimum absolute atomic E-state index is 0.0544. The topological polar surface area (TPSA) is 29.5 Å². The van der Waals surface area contributed by atoms with Crippen LogP contribution in [0.2, 0.25) is 0 Å². The Morgan fingerprint density at radius 3 is 2.38 bits per heavy atom. The molecule has 2 unspecified atom stereocenters. The van der Waals surface area contributed by atoms with Gasteiger partial charge in [0.2, 0.25) is 0 Å². The van der Waals surface area contributed by atoms with E-state index in [9.17, 15) is 4.79 Å². The summed E-state index contributed by atoms with van der Waals surface area (Å²) in [5, 5.41) is 0. The van der Waals surface area contributed by atoms with Gasteiger partial charge in [-0.3, -0.25) is 0 Å². The van der Waals surface area contributed by atoms with Crippen molar-refractivity contribution in [1.82, 2.24) is 4.90 Å². The van der Waals surface area contributed by atoms with Crippen LogP contribution in [0.15, 0.2) is 0 Å². The second kappa shape index (κ2) is 3.46. The van der Waals surface area contributed by atoms with E-state index >= 15 is 0 Å².